The van der Waals surface area contributed by atoms with Crippen LogP contribution in [-0.4, -0.2) is 11.1 Å². The highest BCUT2D eigenvalue weighted by molar-refractivity contribution is 5.62. The van der Waals surface area contributed by atoms with Gasteiger partial charge in [-0.2, -0.15) is 0 Å². The van der Waals surface area contributed by atoms with Crippen molar-refractivity contribution in [1.29, 1.82) is 0 Å². The highest BCUT2D eigenvalue weighted by atomic mass is 16.4. The Morgan fingerprint density at radius 1 is 0.455 bits per heavy atom. The first-order valence-corrected chi connectivity index (χ1v) is 9.93. The largest absolute Gasteiger partial charge is 0.481 e. The first-order chi connectivity index (χ1) is 10.7. The van der Waals surface area contributed by atoms with E-state index in [4.69, 9.17) is 9.90 Å². The van der Waals surface area contributed by atoms with Crippen LogP contribution in [0.4, 0.5) is 0 Å². The zero-order valence-electron chi connectivity index (χ0n) is 15.1. The van der Waals surface area contributed by atoms with E-state index in [2.05, 4.69) is 0 Å². The van der Waals surface area contributed by atoms with Crippen molar-refractivity contribution in [2.45, 2.75) is 122 Å². The second-order valence-electron chi connectivity index (χ2n) is 6.88. The van der Waals surface area contributed by atoms with Gasteiger partial charge in [-0.15, -0.1) is 0 Å². The minimum absolute atomic E-state index is 0.833. The average molecular weight is 313 g/mol. The molecule has 3 aliphatic carbocycles. The van der Waals surface area contributed by atoms with E-state index in [0.29, 0.717) is 0 Å². The van der Waals surface area contributed by atoms with E-state index in [-0.39, 0.29) is 0 Å². The van der Waals surface area contributed by atoms with E-state index in [1.54, 1.807) is 0 Å². The lowest BCUT2D eigenvalue weighted by atomic mass is 10.0. The van der Waals surface area contributed by atoms with Gasteiger partial charge in [0.1, 0.15) is 0 Å². The van der Waals surface area contributed by atoms with Gasteiger partial charge in [0.05, 0.1) is 0 Å². The maximum absolute atomic E-state index is 9.00. The highest BCUT2D eigenvalue weighted by Gasteiger charge is 1.96. The molecule has 132 valence electrons. The lowest BCUT2D eigenvalue weighted by molar-refractivity contribution is -0.134. The number of rotatable bonds is 0. The van der Waals surface area contributed by atoms with Crippen LogP contribution < -0.4 is 0 Å². The van der Waals surface area contributed by atoms with Crippen molar-refractivity contribution in [2.24, 2.45) is 0 Å². The molecule has 0 atom stereocenters. The summed E-state index contributed by atoms with van der Waals surface area (Å²) in [4.78, 5) is 9.00. The lowest BCUT2D eigenvalue weighted by Gasteiger charge is -2.05. The maximum Gasteiger partial charge on any atom is 0.300 e. The molecule has 0 aromatic rings. The predicted molar refractivity (Wildman–Crippen MR) is 96.4 cm³/mol. The number of carboxylic acid groups (broad SMARTS) is 1. The third-order valence-electron chi connectivity index (χ3n) is 4.50. The van der Waals surface area contributed by atoms with Gasteiger partial charge in [-0.25, -0.2) is 0 Å². The van der Waals surface area contributed by atoms with Crippen LogP contribution in [0.2, 0.25) is 0 Å². The van der Waals surface area contributed by atoms with E-state index >= 15 is 0 Å². The normalized spacial score (nSPS) is 20.8. The Kier molecular flexibility index (Phi) is 18.1. The molecule has 2 nitrogen and oxygen atoms in total. The van der Waals surface area contributed by atoms with Crippen molar-refractivity contribution in [1.82, 2.24) is 0 Å². The maximum atomic E-state index is 9.00. The van der Waals surface area contributed by atoms with Crippen molar-refractivity contribution in [3.05, 3.63) is 0 Å². The summed E-state index contributed by atoms with van der Waals surface area (Å²) in [6.45, 7) is 1.08. The van der Waals surface area contributed by atoms with Crippen molar-refractivity contribution in [3.8, 4) is 0 Å². The molecule has 0 aromatic carbocycles. The Bertz CT molecular complexity index is 147. The van der Waals surface area contributed by atoms with Crippen LogP contribution in [0.1, 0.15) is 122 Å². The fourth-order valence-corrected chi connectivity index (χ4v) is 3.18. The predicted octanol–water partition coefficient (Wildman–Crippen LogP) is 7.11. The van der Waals surface area contributed by atoms with Crippen molar-refractivity contribution >= 4 is 5.97 Å². The van der Waals surface area contributed by atoms with E-state index in [9.17, 15) is 0 Å². The van der Waals surface area contributed by atoms with Crippen LogP contribution >= 0.6 is 0 Å². The van der Waals surface area contributed by atoms with Gasteiger partial charge >= 0.3 is 0 Å². The SMILES string of the molecule is C1CCCCC1.C1CCCCC1.C1CCCCC1.CC(=O)O. The number of hydrogen-bond acceptors (Lipinski definition) is 1. The summed E-state index contributed by atoms with van der Waals surface area (Å²) in [5, 5.41) is 7.42. The molecule has 3 rings (SSSR count). The van der Waals surface area contributed by atoms with Gasteiger partial charge in [-0.1, -0.05) is 116 Å². The van der Waals surface area contributed by atoms with Crippen LogP contribution in [0.15, 0.2) is 0 Å². The molecule has 0 unspecified atom stereocenters. The van der Waals surface area contributed by atoms with Crippen LogP contribution in [0.25, 0.3) is 0 Å². The Balaban J connectivity index is 0.000000271. The smallest absolute Gasteiger partial charge is 0.300 e. The van der Waals surface area contributed by atoms with Crippen molar-refractivity contribution in [3.63, 3.8) is 0 Å². The zero-order valence-corrected chi connectivity index (χ0v) is 15.1. The first kappa shape index (κ1) is 21.5. The summed E-state index contributed by atoms with van der Waals surface area (Å²) in [6, 6.07) is 0. The third-order valence-corrected chi connectivity index (χ3v) is 4.50. The number of carbonyl (C=O) groups is 1. The lowest BCUT2D eigenvalue weighted by Crippen LogP contribution is -1.85. The van der Waals surface area contributed by atoms with Gasteiger partial charge in [0.2, 0.25) is 0 Å². The molecule has 22 heavy (non-hydrogen) atoms. The minimum atomic E-state index is -0.833. The van der Waals surface area contributed by atoms with Crippen LogP contribution in [-0.2, 0) is 4.79 Å². The summed E-state index contributed by atoms with van der Waals surface area (Å²) >= 11 is 0. The number of hydrogen-bond donors (Lipinski definition) is 1. The molecule has 3 fully saturated rings. The topological polar surface area (TPSA) is 37.3 Å². The van der Waals surface area contributed by atoms with E-state index < -0.39 is 5.97 Å². The average Bonchev–Trinajstić information content (AvgIpc) is 2.60. The van der Waals surface area contributed by atoms with Crippen molar-refractivity contribution < 1.29 is 9.90 Å². The fourth-order valence-electron chi connectivity index (χ4n) is 3.18. The summed E-state index contributed by atoms with van der Waals surface area (Å²) < 4.78 is 0. The van der Waals surface area contributed by atoms with Gasteiger partial charge in [-0.05, 0) is 0 Å². The van der Waals surface area contributed by atoms with E-state index in [0.717, 1.165) is 6.92 Å². The second kappa shape index (κ2) is 18.5. The molecule has 0 bridgehead atoms. The molecule has 0 aliphatic heterocycles. The molecular weight excluding hydrogens is 272 g/mol. The zero-order chi connectivity index (χ0) is 16.3. The standard InChI is InChI=1S/3C6H12.C2H4O2/c3*1-2-4-6-5-3-1;1-2(3)4/h3*1-6H2;1H3,(H,3,4). The van der Waals surface area contributed by atoms with Gasteiger partial charge in [0.25, 0.3) is 5.97 Å². The molecule has 0 amide bonds. The summed E-state index contributed by atoms with van der Waals surface area (Å²) in [6.07, 6.45) is 27.0. The molecule has 1 N–H and O–H groups in total. The highest BCUT2D eigenvalue weighted by Crippen LogP contribution is 2.16. The van der Waals surface area contributed by atoms with E-state index in [1.807, 2.05) is 0 Å². The quantitative estimate of drug-likeness (QED) is 0.517. The molecule has 0 saturated heterocycles. The Labute approximate surface area is 139 Å². The van der Waals surface area contributed by atoms with Crippen molar-refractivity contribution in [2.75, 3.05) is 0 Å². The third kappa shape index (κ3) is 21.8. The van der Waals surface area contributed by atoms with Gasteiger partial charge < -0.3 is 5.11 Å². The van der Waals surface area contributed by atoms with Crippen LogP contribution in [0.3, 0.4) is 0 Å². The Morgan fingerprint density at radius 3 is 0.545 bits per heavy atom. The molecule has 0 spiro atoms. The van der Waals surface area contributed by atoms with E-state index in [1.165, 1.54) is 116 Å². The van der Waals surface area contributed by atoms with Gasteiger partial charge in [0, 0.05) is 6.92 Å². The molecule has 3 aliphatic rings. The monoisotopic (exact) mass is 312 g/mol. The van der Waals surface area contributed by atoms with Crippen LogP contribution in [0.5, 0.6) is 0 Å². The summed E-state index contributed by atoms with van der Waals surface area (Å²) in [7, 11) is 0. The molecule has 2 heteroatoms. The fraction of sp³-hybridized carbons (Fsp3) is 0.950. The Hall–Kier alpha value is -0.530. The van der Waals surface area contributed by atoms with Crippen LogP contribution in [0, 0.1) is 0 Å². The molecule has 3 saturated carbocycles. The summed E-state index contributed by atoms with van der Waals surface area (Å²) in [5.74, 6) is -0.833. The molecule has 0 aromatic heterocycles. The number of aliphatic carboxylic acids is 1. The molecular formula is C20H40O2. The van der Waals surface area contributed by atoms with Gasteiger partial charge in [-0.3, -0.25) is 4.79 Å². The van der Waals surface area contributed by atoms with Gasteiger partial charge in [0.15, 0.2) is 0 Å². The second-order valence-corrected chi connectivity index (χ2v) is 6.88. The summed E-state index contributed by atoms with van der Waals surface area (Å²) in [5.41, 5.74) is 0. The molecule has 0 heterocycles. The first-order valence-electron chi connectivity index (χ1n) is 9.93. The minimum Gasteiger partial charge on any atom is -0.481 e. The number of carboxylic acids is 1. The Morgan fingerprint density at radius 2 is 0.500 bits per heavy atom. The molecule has 0 radical (unpaired) electrons.